The Kier molecular flexibility index (Phi) is 5.57. The highest BCUT2D eigenvalue weighted by molar-refractivity contribution is 5.81. The van der Waals surface area contributed by atoms with Gasteiger partial charge in [-0.25, -0.2) is 0 Å². The molecule has 4 heteroatoms. The Morgan fingerprint density at radius 2 is 1.25 bits per heavy atom. The van der Waals surface area contributed by atoms with E-state index in [2.05, 4.69) is 0 Å². The number of benzene rings is 2. The summed E-state index contributed by atoms with van der Waals surface area (Å²) >= 11 is 0. The van der Waals surface area contributed by atoms with Crippen LogP contribution in [-0.2, 0) is 27.5 Å². The quantitative estimate of drug-likeness (QED) is 0.670. The largest absolute Gasteiger partial charge is 0.508 e. The second-order valence-corrected chi connectivity index (χ2v) is 9.90. The summed E-state index contributed by atoms with van der Waals surface area (Å²) < 4.78 is 0. The number of aliphatic carboxylic acids is 1. The third kappa shape index (κ3) is 4.32. The lowest BCUT2D eigenvalue weighted by molar-refractivity contribution is -0.143. The fraction of sp³-hybridized carbons (Fsp3) is 0.458. The van der Waals surface area contributed by atoms with Crippen LogP contribution in [0.3, 0.4) is 0 Å². The molecule has 0 aliphatic carbocycles. The summed E-state index contributed by atoms with van der Waals surface area (Å²) in [6.07, 6.45) is 0.278. The number of phenols is 2. The van der Waals surface area contributed by atoms with Gasteiger partial charge < -0.3 is 15.3 Å². The Bertz CT molecular complexity index is 884. The average Bonchev–Trinajstić information content (AvgIpc) is 2.54. The van der Waals surface area contributed by atoms with Gasteiger partial charge in [-0.1, -0.05) is 65.8 Å². The zero-order chi connectivity index (χ0) is 21.5. The Morgan fingerprint density at radius 1 is 0.786 bits per heavy atom. The van der Waals surface area contributed by atoms with Gasteiger partial charge in [-0.3, -0.25) is 4.79 Å². The van der Waals surface area contributed by atoms with Crippen LogP contribution in [0.2, 0.25) is 0 Å². The summed E-state index contributed by atoms with van der Waals surface area (Å²) in [4.78, 5) is 12.3. The van der Waals surface area contributed by atoms with Crippen molar-refractivity contribution < 1.29 is 20.1 Å². The molecule has 0 heterocycles. The molecule has 0 saturated carbocycles. The van der Waals surface area contributed by atoms with Gasteiger partial charge in [0.15, 0.2) is 0 Å². The van der Waals surface area contributed by atoms with Crippen LogP contribution in [-0.4, -0.2) is 21.3 Å². The molecule has 0 bridgehead atoms. The lowest BCUT2D eigenvalue weighted by Crippen LogP contribution is -2.35. The number of carboxylic acid groups (broad SMARTS) is 1. The maximum absolute atomic E-state index is 12.3. The third-order valence-corrected chi connectivity index (χ3v) is 5.34. The van der Waals surface area contributed by atoms with Gasteiger partial charge in [0.1, 0.15) is 11.5 Å². The SMILES string of the molecule is CC(C)(C)c1cc(CC(C)(C(=O)O)c2ccc(O)c(C(C)(C)C)c2)ccc1O. The van der Waals surface area contributed by atoms with E-state index in [-0.39, 0.29) is 28.7 Å². The molecule has 0 amide bonds. The maximum Gasteiger partial charge on any atom is 0.314 e. The summed E-state index contributed by atoms with van der Waals surface area (Å²) in [5.41, 5.74) is 1.28. The number of carbonyl (C=O) groups is 1. The van der Waals surface area contributed by atoms with E-state index in [1.807, 2.05) is 47.6 Å². The molecule has 1 atom stereocenters. The van der Waals surface area contributed by atoms with Crippen LogP contribution >= 0.6 is 0 Å². The molecule has 152 valence electrons. The van der Waals surface area contributed by atoms with E-state index in [4.69, 9.17) is 0 Å². The van der Waals surface area contributed by atoms with Gasteiger partial charge >= 0.3 is 5.97 Å². The van der Waals surface area contributed by atoms with E-state index in [1.165, 1.54) is 0 Å². The number of hydrogen-bond acceptors (Lipinski definition) is 3. The van der Waals surface area contributed by atoms with Gasteiger partial charge in [0, 0.05) is 0 Å². The minimum atomic E-state index is -1.17. The number of rotatable bonds is 4. The molecule has 3 N–H and O–H groups in total. The molecule has 2 rings (SSSR count). The number of aromatic hydroxyl groups is 2. The van der Waals surface area contributed by atoms with Crippen molar-refractivity contribution in [1.82, 2.24) is 0 Å². The summed E-state index contributed by atoms with van der Waals surface area (Å²) in [6.45, 7) is 13.7. The van der Waals surface area contributed by atoms with Gasteiger partial charge in [0.05, 0.1) is 5.41 Å². The van der Waals surface area contributed by atoms with Crippen molar-refractivity contribution in [3.63, 3.8) is 0 Å². The van der Waals surface area contributed by atoms with Gasteiger partial charge in [-0.15, -0.1) is 0 Å². The van der Waals surface area contributed by atoms with Crippen molar-refractivity contribution in [2.75, 3.05) is 0 Å². The highest BCUT2D eigenvalue weighted by Crippen LogP contribution is 2.38. The van der Waals surface area contributed by atoms with Crippen molar-refractivity contribution in [3.05, 3.63) is 58.7 Å². The second-order valence-electron chi connectivity index (χ2n) is 9.90. The molecule has 0 aromatic heterocycles. The Labute approximate surface area is 167 Å². The molecule has 0 aliphatic heterocycles. The van der Waals surface area contributed by atoms with Crippen molar-refractivity contribution in [3.8, 4) is 11.5 Å². The van der Waals surface area contributed by atoms with Crippen LogP contribution in [0.15, 0.2) is 36.4 Å². The van der Waals surface area contributed by atoms with E-state index in [0.29, 0.717) is 5.56 Å². The molecule has 28 heavy (non-hydrogen) atoms. The molecular weight excluding hydrogens is 352 g/mol. The maximum atomic E-state index is 12.3. The summed E-state index contributed by atoms with van der Waals surface area (Å²) in [5.74, 6) is -0.542. The molecule has 1 unspecified atom stereocenters. The van der Waals surface area contributed by atoms with Gasteiger partial charge in [0.25, 0.3) is 0 Å². The smallest absolute Gasteiger partial charge is 0.314 e. The van der Waals surface area contributed by atoms with Gasteiger partial charge in [0.2, 0.25) is 0 Å². The van der Waals surface area contributed by atoms with E-state index in [1.54, 1.807) is 37.3 Å². The molecule has 0 spiro atoms. The van der Waals surface area contributed by atoms with Crippen LogP contribution in [0, 0.1) is 0 Å². The molecule has 2 aromatic carbocycles. The first-order valence-electron chi connectivity index (χ1n) is 9.56. The number of hydrogen-bond donors (Lipinski definition) is 3. The first-order valence-corrected chi connectivity index (χ1v) is 9.56. The standard InChI is InChI=1S/C24H32O4/c1-22(2,3)17-12-15(8-10-19(17)25)14-24(7,21(27)28)16-9-11-20(26)18(13-16)23(4,5)6/h8-13,25-26H,14H2,1-7H3,(H,27,28). The molecule has 0 saturated heterocycles. The monoisotopic (exact) mass is 384 g/mol. The van der Waals surface area contributed by atoms with Crippen LogP contribution in [0.5, 0.6) is 11.5 Å². The minimum Gasteiger partial charge on any atom is -0.508 e. The zero-order valence-electron chi connectivity index (χ0n) is 17.9. The molecule has 0 radical (unpaired) electrons. The summed E-state index contributed by atoms with van der Waals surface area (Å²) in [7, 11) is 0. The topological polar surface area (TPSA) is 77.8 Å². The van der Waals surface area contributed by atoms with Crippen LogP contribution in [0.25, 0.3) is 0 Å². The van der Waals surface area contributed by atoms with E-state index in [9.17, 15) is 20.1 Å². The Hall–Kier alpha value is -2.49. The first kappa shape index (κ1) is 21.8. The molecule has 4 nitrogen and oxygen atoms in total. The number of phenolic OH excluding ortho intramolecular Hbond substituents is 2. The van der Waals surface area contributed by atoms with Crippen LogP contribution < -0.4 is 0 Å². The zero-order valence-corrected chi connectivity index (χ0v) is 17.9. The highest BCUT2D eigenvalue weighted by atomic mass is 16.4. The van der Waals surface area contributed by atoms with Crippen molar-refractivity contribution in [2.24, 2.45) is 0 Å². The van der Waals surface area contributed by atoms with Gasteiger partial charge in [-0.2, -0.15) is 0 Å². The molecule has 0 fully saturated rings. The van der Waals surface area contributed by atoms with Crippen molar-refractivity contribution in [2.45, 2.75) is 71.1 Å². The lowest BCUT2D eigenvalue weighted by Gasteiger charge is -2.29. The first-order chi connectivity index (χ1) is 12.7. The number of carboxylic acids is 1. The van der Waals surface area contributed by atoms with Crippen molar-refractivity contribution in [1.29, 1.82) is 0 Å². The van der Waals surface area contributed by atoms with E-state index >= 15 is 0 Å². The Morgan fingerprint density at radius 3 is 1.71 bits per heavy atom. The predicted molar refractivity (Wildman–Crippen MR) is 112 cm³/mol. The Balaban J connectivity index is 2.56. The second kappa shape index (κ2) is 7.16. The third-order valence-electron chi connectivity index (χ3n) is 5.34. The van der Waals surface area contributed by atoms with Crippen molar-refractivity contribution >= 4 is 5.97 Å². The van der Waals surface area contributed by atoms with E-state index < -0.39 is 11.4 Å². The fourth-order valence-electron chi connectivity index (χ4n) is 3.48. The average molecular weight is 385 g/mol. The molecule has 2 aromatic rings. The van der Waals surface area contributed by atoms with Crippen LogP contribution in [0.1, 0.15) is 70.7 Å². The summed E-state index contributed by atoms with van der Waals surface area (Å²) in [5, 5.41) is 30.5. The molecule has 0 aliphatic rings. The normalized spacial score (nSPS) is 14.5. The lowest BCUT2D eigenvalue weighted by atomic mass is 9.74. The highest BCUT2D eigenvalue weighted by Gasteiger charge is 2.37. The van der Waals surface area contributed by atoms with E-state index in [0.717, 1.165) is 16.7 Å². The van der Waals surface area contributed by atoms with Gasteiger partial charge in [-0.05, 0) is 58.6 Å². The van der Waals surface area contributed by atoms with Crippen LogP contribution in [0.4, 0.5) is 0 Å². The predicted octanol–water partition coefficient (Wildman–Crippen LogP) is 5.28. The fourth-order valence-corrected chi connectivity index (χ4v) is 3.48. The summed E-state index contributed by atoms with van der Waals surface area (Å²) in [6, 6.07) is 10.4. The minimum absolute atomic E-state index is 0.170. The molecular formula is C24H32O4.